The van der Waals surface area contributed by atoms with Gasteiger partial charge in [0.25, 0.3) is 0 Å². The number of fused-ring (bicyclic) bond motifs is 1. The molecule has 1 aliphatic heterocycles. The Morgan fingerprint density at radius 3 is 2.80 bits per heavy atom. The molecule has 2 fully saturated rings. The highest BCUT2D eigenvalue weighted by Crippen LogP contribution is 2.59. The molecule has 0 aromatic carbocycles. The number of nitrogens with one attached hydrogen (secondary N) is 1. The summed E-state index contributed by atoms with van der Waals surface area (Å²) >= 11 is 3.24. The Labute approximate surface area is 152 Å². The molecule has 3 unspecified atom stereocenters. The first-order chi connectivity index (χ1) is 11.7. The maximum Gasteiger partial charge on any atom is 0.408 e. The third-order valence-corrected chi connectivity index (χ3v) is 5.25. The lowest BCUT2D eigenvalue weighted by atomic mass is 10.0. The van der Waals surface area contributed by atoms with Crippen molar-refractivity contribution in [2.45, 2.75) is 38.3 Å². The number of rotatable bonds is 4. The van der Waals surface area contributed by atoms with Gasteiger partial charge in [0, 0.05) is 6.04 Å². The van der Waals surface area contributed by atoms with Gasteiger partial charge in [-0.2, -0.15) is 0 Å². The summed E-state index contributed by atoms with van der Waals surface area (Å²) in [6.07, 6.45) is 0.256. The van der Waals surface area contributed by atoms with Crippen LogP contribution in [0.2, 0.25) is 0 Å². The number of ether oxygens (including phenoxy) is 1. The Bertz CT molecular complexity index is 755. The summed E-state index contributed by atoms with van der Waals surface area (Å²) in [5.74, 6) is -0.559. The molecule has 2 aliphatic rings. The van der Waals surface area contributed by atoms with Crippen molar-refractivity contribution < 1.29 is 24.2 Å². The first-order valence-corrected chi connectivity index (χ1v) is 8.58. The molecule has 2 amide bonds. The average molecular weight is 412 g/mol. The van der Waals surface area contributed by atoms with Gasteiger partial charge >= 0.3 is 12.1 Å². The van der Waals surface area contributed by atoms with E-state index >= 15 is 0 Å². The fourth-order valence-electron chi connectivity index (χ4n) is 3.44. The van der Waals surface area contributed by atoms with Crippen LogP contribution >= 0.6 is 15.9 Å². The van der Waals surface area contributed by atoms with Gasteiger partial charge in [-0.1, -0.05) is 6.92 Å². The fourth-order valence-corrected chi connectivity index (χ4v) is 3.93. The monoisotopic (exact) mass is 411 g/mol. The van der Waals surface area contributed by atoms with Crippen molar-refractivity contribution in [1.29, 1.82) is 0 Å². The molecule has 9 heteroatoms. The first-order valence-electron chi connectivity index (χ1n) is 7.79. The summed E-state index contributed by atoms with van der Waals surface area (Å²) in [7, 11) is 1.30. The number of piperidine rings is 1. The smallest absolute Gasteiger partial charge is 0.408 e. The summed E-state index contributed by atoms with van der Waals surface area (Å²) in [5.41, 5.74) is 0.515. The fraction of sp³-hybridized carbons (Fsp3) is 0.500. The van der Waals surface area contributed by atoms with Crippen molar-refractivity contribution >= 4 is 39.7 Å². The molecule has 1 aromatic heterocycles. The van der Waals surface area contributed by atoms with Gasteiger partial charge in [0.1, 0.15) is 16.5 Å². The summed E-state index contributed by atoms with van der Waals surface area (Å²) in [6.45, 7) is 1.99. The number of amides is 2. The second kappa shape index (κ2) is 6.29. The molecular formula is C16H18BrN3O5. The van der Waals surface area contributed by atoms with Gasteiger partial charge in [0.15, 0.2) is 0 Å². The molecule has 8 nitrogen and oxygen atoms in total. The zero-order chi connectivity index (χ0) is 18.4. The minimum atomic E-state index is -1.08. The number of aromatic nitrogens is 1. The summed E-state index contributed by atoms with van der Waals surface area (Å²) in [4.78, 5) is 40.9. The number of esters is 1. The summed E-state index contributed by atoms with van der Waals surface area (Å²) < 4.78 is 5.09. The Kier molecular flexibility index (Phi) is 4.44. The van der Waals surface area contributed by atoms with E-state index in [0.717, 1.165) is 6.42 Å². The van der Waals surface area contributed by atoms with Crippen LogP contribution in [0.3, 0.4) is 0 Å². The maximum atomic E-state index is 12.6. The van der Waals surface area contributed by atoms with Crippen LogP contribution in [0.4, 0.5) is 10.6 Å². The zero-order valence-electron chi connectivity index (χ0n) is 13.8. The van der Waals surface area contributed by atoms with Gasteiger partial charge in [-0.25, -0.2) is 9.78 Å². The van der Waals surface area contributed by atoms with E-state index in [1.807, 2.05) is 6.92 Å². The van der Waals surface area contributed by atoms with E-state index in [0.29, 0.717) is 16.6 Å². The van der Waals surface area contributed by atoms with E-state index in [1.54, 1.807) is 12.1 Å². The highest BCUT2D eigenvalue weighted by Gasteiger charge is 2.64. The van der Waals surface area contributed by atoms with Crippen LogP contribution in [-0.2, 0) is 20.7 Å². The van der Waals surface area contributed by atoms with Crippen LogP contribution in [-0.4, -0.2) is 52.2 Å². The third-order valence-electron chi connectivity index (χ3n) is 4.84. The molecule has 2 heterocycles. The van der Waals surface area contributed by atoms with E-state index < -0.39 is 24.0 Å². The molecule has 0 radical (unpaired) electrons. The average Bonchev–Trinajstić information content (AvgIpc) is 3.06. The van der Waals surface area contributed by atoms with Crippen LogP contribution < -0.4 is 5.32 Å². The van der Waals surface area contributed by atoms with Gasteiger partial charge in [-0.3, -0.25) is 14.5 Å². The lowest BCUT2D eigenvalue weighted by Gasteiger charge is -2.23. The highest BCUT2D eigenvalue weighted by molar-refractivity contribution is 9.10. The van der Waals surface area contributed by atoms with Crippen LogP contribution in [0.25, 0.3) is 0 Å². The number of methoxy groups -OCH3 is 1. The molecule has 1 aliphatic carbocycles. The van der Waals surface area contributed by atoms with Crippen LogP contribution in [0.15, 0.2) is 16.7 Å². The normalized spacial score (nSPS) is 26.8. The Hall–Kier alpha value is -2.16. The number of nitrogens with zero attached hydrogens (tertiary/aromatic N) is 2. The molecular weight excluding hydrogens is 394 g/mol. The number of carboxylic acid groups (broad SMARTS) is 1. The van der Waals surface area contributed by atoms with Crippen LogP contribution in [0.1, 0.15) is 25.3 Å². The second-order valence-electron chi connectivity index (χ2n) is 6.71. The number of anilines is 1. The summed E-state index contributed by atoms with van der Waals surface area (Å²) in [6, 6.07) is 2.40. The number of hydrogen-bond acceptors (Lipinski definition) is 5. The van der Waals surface area contributed by atoms with Gasteiger partial charge in [-0.15, -0.1) is 0 Å². The molecule has 3 atom stereocenters. The predicted octanol–water partition coefficient (Wildman–Crippen LogP) is 2.03. The lowest BCUT2D eigenvalue weighted by Crippen LogP contribution is -2.44. The number of carbonyl (C=O) groups is 3. The van der Waals surface area contributed by atoms with E-state index in [2.05, 4.69) is 31.0 Å². The Morgan fingerprint density at radius 1 is 1.44 bits per heavy atom. The number of hydrogen-bond donors (Lipinski definition) is 2. The molecule has 1 aromatic rings. The Balaban J connectivity index is 1.75. The van der Waals surface area contributed by atoms with Crippen LogP contribution in [0, 0.1) is 5.41 Å². The molecule has 1 saturated carbocycles. The van der Waals surface area contributed by atoms with E-state index in [-0.39, 0.29) is 23.7 Å². The molecule has 0 spiro atoms. The van der Waals surface area contributed by atoms with E-state index in [9.17, 15) is 19.5 Å². The maximum absolute atomic E-state index is 12.6. The lowest BCUT2D eigenvalue weighted by molar-refractivity contribution is -0.139. The molecule has 3 rings (SSSR count). The van der Waals surface area contributed by atoms with Gasteiger partial charge in [-0.05, 0) is 51.9 Å². The van der Waals surface area contributed by atoms with Crippen molar-refractivity contribution in [2.75, 3.05) is 12.4 Å². The Morgan fingerprint density at radius 2 is 2.16 bits per heavy atom. The molecule has 0 bridgehead atoms. The highest BCUT2D eigenvalue weighted by atomic mass is 79.9. The predicted molar refractivity (Wildman–Crippen MR) is 91.1 cm³/mol. The number of halogens is 1. The van der Waals surface area contributed by atoms with E-state index in [4.69, 9.17) is 0 Å². The number of pyridine rings is 1. The second-order valence-corrected chi connectivity index (χ2v) is 7.52. The van der Waals surface area contributed by atoms with Gasteiger partial charge in [0.05, 0.1) is 13.5 Å². The standard InChI is InChI=1S/C16H18BrN3O5/c1-16-6-9(20(15(23)24)10(16)7-16)14(22)19-12-4-8(3-11(17)18-12)5-13(21)25-2/h3-4,9-10H,5-7H2,1-2H3,(H,23,24)(H,18,19,22). The summed E-state index contributed by atoms with van der Waals surface area (Å²) in [5, 5.41) is 12.1. The van der Waals surface area contributed by atoms with Crippen molar-refractivity contribution in [1.82, 2.24) is 9.88 Å². The van der Waals surface area contributed by atoms with Crippen LogP contribution in [0.5, 0.6) is 0 Å². The minimum Gasteiger partial charge on any atom is -0.469 e. The number of likely N-dealkylation sites (tertiary alicyclic amines) is 1. The van der Waals surface area contributed by atoms with E-state index in [1.165, 1.54) is 12.0 Å². The van der Waals surface area contributed by atoms with Crippen molar-refractivity contribution in [3.63, 3.8) is 0 Å². The quantitative estimate of drug-likeness (QED) is 0.579. The van der Waals surface area contributed by atoms with Crippen molar-refractivity contribution in [3.8, 4) is 0 Å². The zero-order valence-corrected chi connectivity index (χ0v) is 15.4. The minimum absolute atomic E-state index is 0.0469. The van der Waals surface area contributed by atoms with Crippen molar-refractivity contribution in [3.05, 3.63) is 22.3 Å². The molecule has 25 heavy (non-hydrogen) atoms. The number of carbonyl (C=O) groups excluding carboxylic acids is 2. The molecule has 1 saturated heterocycles. The van der Waals surface area contributed by atoms with Gasteiger partial charge < -0.3 is 15.2 Å². The largest absolute Gasteiger partial charge is 0.469 e. The molecule has 134 valence electrons. The third kappa shape index (κ3) is 3.46. The SMILES string of the molecule is COC(=O)Cc1cc(Br)nc(NC(=O)C2CC3(C)CC3N2C(=O)O)c1. The molecule has 2 N–H and O–H groups in total. The first kappa shape index (κ1) is 17.7. The van der Waals surface area contributed by atoms with Crippen molar-refractivity contribution in [2.24, 2.45) is 5.41 Å². The van der Waals surface area contributed by atoms with Gasteiger partial charge in [0.2, 0.25) is 5.91 Å². The topological polar surface area (TPSA) is 109 Å².